The maximum absolute atomic E-state index is 13.8. The van der Waals surface area contributed by atoms with Crippen molar-refractivity contribution in [1.29, 1.82) is 0 Å². The molecule has 47 heavy (non-hydrogen) atoms. The van der Waals surface area contributed by atoms with E-state index in [0.29, 0.717) is 23.6 Å². The molecule has 5 amide bonds. The summed E-state index contributed by atoms with van der Waals surface area (Å²) in [5.74, 6) is -1.72. The second-order valence-corrected chi connectivity index (χ2v) is 14.0. The van der Waals surface area contributed by atoms with Crippen LogP contribution in [-0.4, -0.2) is 63.9 Å². The maximum Gasteiger partial charge on any atom is 0.418 e. The largest absolute Gasteiger partial charge is 0.444 e. The van der Waals surface area contributed by atoms with Crippen LogP contribution in [-0.2, 0) is 42.4 Å². The molecule has 1 unspecified atom stereocenters. The van der Waals surface area contributed by atoms with Gasteiger partial charge in [-0.1, -0.05) is 32.0 Å². The normalized spacial score (nSPS) is 20.1. The number of ether oxygens (including phenoxy) is 2. The van der Waals surface area contributed by atoms with Crippen molar-refractivity contribution in [2.75, 3.05) is 11.9 Å². The summed E-state index contributed by atoms with van der Waals surface area (Å²) in [7, 11) is 0. The number of anilines is 1. The van der Waals surface area contributed by atoms with Gasteiger partial charge in [-0.15, -0.1) is 0 Å². The third kappa shape index (κ3) is 7.41. The van der Waals surface area contributed by atoms with E-state index in [1.807, 2.05) is 6.92 Å². The third-order valence-electron chi connectivity index (χ3n) is 8.92. The standard InChI is InChI=1S/C35H43FN4O7/c1-20(2)29(38-32(44)46-34(4,5)6)30(42)37-26-13-14-27-24(17-26)15-16-35(27)31(43)40(33(45)47-35)19-28(41)39(21(3)23-9-10-23)18-22-7-11-25(36)12-8-22/h7-8,11-14,17,20-21,23,29H,9-10,15-16,18-19H2,1-6H3,(H,37,42)(H,38,44)/t21-,29+,35?/m0/s1. The van der Waals surface area contributed by atoms with Gasteiger partial charge in [0.05, 0.1) is 0 Å². The first kappa shape index (κ1) is 33.9. The van der Waals surface area contributed by atoms with Crippen molar-refractivity contribution >= 4 is 35.6 Å². The van der Waals surface area contributed by atoms with E-state index in [4.69, 9.17) is 9.47 Å². The molecule has 3 atom stereocenters. The van der Waals surface area contributed by atoms with Crippen LogP contribution >= 0.6 is 0 Å². The number of fused-ring (bicyclic) bond motifs is 2. The third-order valence-corrected chi connectivity index (χ3v) is 8.92. The lowest BCUT2D eigenvalue weighted by molar-refractivity contribution is -0.143. The van der Waals surface area contributed by atoms with Crippen molar-refractivity contribution in [1.82, 2.24) is 15.1 Å². The first-order chi connectivity index (χ1) is 22.1. The van der Waals surface area contributed by atoms with E-state index >= 15 is 0 Å². The van der Waals surface area contributed by atoms with Gasteiger partial charge >= 0.3 is 12.2 Å². The summed E-state index contributed by atoms with van der Waals surface area (Å²) in [6, 6.07) is 9.92. The number of carbonyl (C=O) groups excluding carboxylic acids is 5. The molecule has 5 rings (SSSR count). The van der Waals surface area contributed by atoms with E-state index in [1.54, 1.807) is 69.9 Å². The zero-order valence-corrected chi connectivity index (χ0v) is 27.7. The Morgan fingerprint density at radius 3 is 2.38 bits per heavy atom. The molecule has 11 nitrogen and oxygen atoms in total. The predicted molar refractivity (Wildman–Crippen MR) is 170 cm³/mol. The van der Waals surface area contributed by atoms with Crippen LogP contribution in [0.5, 0.6) is 0 Å². The molecule has 1 saturated heterocycles. The zero-order valence-electron chi connectivity index (χ0n) is 27.7. The number of hydrogen-bond donors (Lipinski definition) is 2. The molecule has 0 aromatic heterocycles. The molecule has 1 heterocycles. The van der Waals surface area contributed by atoms with Crippen LogP contribution in [0.4, 0.5) is 19.7 Å². The van der Waals surface area contributed by atoms with E-state index in [1.165, 1.54) is 12.1 Å². The minimum atomic E-state index is -1.56. The summed E-state index contributed by atoms with van der Waals surface area (Å²) in [6.07, 6.45) is 0.981. The summed E-state index contributed by atoms with van der Waals surface area (Å²) in [5.41, 5.74) is 0.145. The SMILES string of the molecule is CC(C)[C@@H](NC(=O)OC(C)(C)C)C(=O)Nc1ccc2c(c1)CCC21OC(=O)N(CC(=O)N(Cc2ccc(F)cc2)[C@@H](C)C2CC2)C1=O. The highest BCUT2D eigenvalue weighted by atomic mass is 19.1. The molecule has 12 heteroatoms. The summed E-state index contributed by atoms with van der Waals surface area (Å²) < 4.78 is 24.6. The van der Waals surface area contributed by atoms with Crippen LogP contribution in [0.15, 0.2) is 42.5 Å². The highest BCUT2D eigenvalue weighted by Gasteiger charge is 2.58. The van der Waals surface area contributed by atoms with Gasteiger partial charge < -0.3 is 25.0 Å². The lowest BCUT2D eigenvalue weighted by Gasteiger charge is -2.30. The van der Waals surface area contributed by atoms with Crippen LogP contribution in [0.25, 0.3) is 0 Å². The van der Waals surface area contributed by atoms with Crippen LogP contribution in [0.1, 0.15) is 77.5 Å². The maximum atomic E-state index is 13.8. The van der Waals surface area contributed by atoms with Gasteiger partial charge in [0.15, 0.2) is 0 Å². The number of rotatable bonds is 10. The highest BCUT2D eigenvalue weighted by Crippen LogP contribution is 2.46. The second-order valence-electron chi connectivity index (χ2n) is 14.0. The first-order valence-corrected chi connectivity index (χ1v) is 16.1. The Balaban J connectivity index is 1.28. The Kier molecular flexibility index (Phi) is 9.34. The Morgan fingerprint density at radius 2 is 1.77 bits per heavy atom. The number of carbonyl (C=O) groups is 5. The minimum absolute atomic E-state index is 0.120. The van der Waals surface area contributed by atoms with Gasteiger partial charge in [-0.3, -0.25) is 14.4 Å². The lowest BCUT2D eigenvalue weighted by Crippen LogP contribution is -2.48. The molecular weight excluding hydrogens is 607 g/mol. The molecule has 0 radical (unpaired) electrons. The van der Waals surface area contributed by atoms with Crippen molar-refractivity contribution in [3.8, 4) is 0 Å². The van der Waals surface area contributed by atoms with E-state index in [0.717, 1.165) is 28.9 Å². The first-order valence-electron chi connectivity index (χ1n) is 16.1. The van der Waals surface area contributed by atoms with Crippen LogP contribution in [0, 0.1) is 17.7 Å². The van der Waals surface area contributed by atoms with Gasteiger partial charge in [0.2, 0.25) is 17.4 Å². The van der Waals surface area contributed by atoms with E-state index in [9.17, 15) is 28.4 Å². The van der Waals surface area contributed by atoms with Crippen LogP contribution in [0.3, 0.4) is 0 Å². The van der Waals surface area contributed by atoms with Gasteiger partial charge in [0.1, 0.15) is 24.0 Å². The van der Waals surface area contributed by atoms with Gasteiger partial charge in [-0.25, -0.2) is 18.9 Å². The van der Waals surface area contributed by atoms with E-state index < -0.39 is 53.7 Å². The Labute approximate surface area is 274 Å². The molecule has 2 N–H and O–H groups in total. The van der Waals surface area contributed by atoms with Crippen LogP contribution < -0.4 is 10.6 Å². The number of nitrogens with zero attached hydrogens (tertiary/aromatic N) is 2. The van der Waals surface area contributed by atoms with Crippen molar-refractivity contribution in [2.45, 2.75) is 97.1 Å². The van der Waals surface area contributed by atoms with Gasteiger partial charge in [-0.2, -0.15) is 0 Å². The molecule has 2 aliphatic carbocycles. The van der Waals surface area contributed by atoms with Gasteiger partial charge in [0, 0.05) is 30.3 Å². The number of amides is 5. The monoisotopic (exact) mass is 650 g/mol. The molecule has 3 aliphatic rings. The number of halogens is 1. The smallest absolute Gasteiger partial charge is 0.418 e. The fourth-order valence-corrected chi connectivity index (χ4v) is 6.23. The molecular formula is C35H43FN4O7. The zero-order chi connectivity index (χ0) is 34.3. The number of alkyl carbamates (subject to hydrolysis) is 1. The van der Waals surface area contributed by atoms with Crippen molar-refractivity contribution in [3.63, 3.8) is 0 Å². The van der Waals surface area contributed by atoms with Gasteiger partial charge in [0.25, 0.3) is 5.91 Å². The quantitative estimate of drug-likeness (QED) is 0.358. The second kappa shape index (κ2) is 13.0. The average Bonchev–Trinajstić information content (AvgIpc) is 3.74. The number of hydrogen-bond acceptors (Lipinski definition) is 7. The van der Waals surface area contributed by atoms with E-state index in [-0.39, 0.29) is 30.7 Å². The summed E-state index contributed by atoms with van der Waals surface area (Å²) in [5, 5.41) is 5.46. The number of imide groups is 1. The minimum Gasteiger partial charge on any atom is -0.444 e. The van der Waals surface area contributed by atoms with Crippen molar-refractivity contribution in [3.05, 3.63) is 65.0 Å². The van der Waals surface area contributed by atoms with Crippen molar-refractivity contribution in [2.24, 2.45) is 11.8 Å². The summed E-state index contributed by atoms with van der Waals surface area (Å²) in [4.78, 5) is 68.6. The fraction of sp³-hybridized carbons (Fsp3) is 0.514. The molecule has 2 aromatic rings. The Hall–Kier alpha value is -4.48. The molecule has 1 aliphatic heterocycles. The summed E-state index contributed by atoms with van der Waals surface area (Å²) in [6.45, 7) is 10.5. The molecule has 1 saturated carbocycles. The molecule has 0 bridgehead atoms. The summed E-state index contributed by atoms with van der Waals surface area (Å²) >= 11 is 0. The Bertz CT molecular complexity index is 1570. The molecule has 2 aromatic carbocycles. The number of nitrogens with one attached hydrogen (secondary N) is 2. The van der Waals surface area contributed by atoms with E-state index in [2.05, 4.69) is 10.6 Å². The highest BCUT2D eigenvalue weighted by molar-refractivity contribution is 6.06. The number of aryl methyl sites for hydroxylation is 1. The van der Waals surface area contributed by atoms with Gasteiger partial charge in [-0.05, 0) is 94.2 Å². The van der Waals surface area contributed by atoms with Crippen LogP contribution in [0.2, 0.25) is 0 Å². The molecule has 2 fully saturated rings. The fourth-order valence-electron chi connectivity index (χ4n) is 6.23. The Morgan fingerprint density at radius 1 is 1.09 bits per heavy atom. The number of benzene rings is 2. The topological polar surface area (TPSA) is 134 Å². The lowest BCUT2D eigenvalue weighted by atomic mass is 9.94. The average molecular weight is 651 g/mol. The molecule has 252 valence electrons. The molecule has 1 spiro atoms. The predicted octanol–water partition coefficient (Wildman–Crippen LogP) is 5.26. The van der Waals surface area contributed by atoms with Crippen molar-refractivity contribution < 1.29 is 37.8 Å².